The Morgan fingerprint density at radius 1 is 0.420 bits per heavy atom. The minimum Gasteiger partial charge on any atom is -0.300 e. The second-order valence-electron chi connectivity index (χ2n) is 12.6. The number of aryl methyl sites for hydroxylation is 1. The Kier molecular flexibility index (Phi) is 8.61. The van der Waals surface area contributed by atoms with Gasteiger partial charge in [-0.05, 0) is 81.4 Å². The lowest BCUT2D eigenvalue weighted by atomic mass is 9.94. The van der Waals surface area contributed by atoms with E-state index in [1.807, 2.05) is 47.7 Å². The van der Waals surface area contributed by atoms with E-state index in [1.54, 1.807) is 0 Å². The largest absolute Gasteiger partial charge is 0.300 e. The van der Waals surface area contributed by atoms with Crippen molar-refractivity contribution in [2.45, 2.75) is 6.92 Å². The molecule has 1 nitrogen and oxygen atoms in total. The number of hydrogen-bond donors (Lipinski definition) is 1. The molecule has 0 amide bonds. The molecule has 0 bridgehead atoms. The van der Waals surface area contributed by atoms with E-state index in [-0.39, 0.29) is 0 Å². The van der Waals surface area contributed by atoms with Crippen molar-refractivity contribution in [3.63, 3.8) is 0 Å². The Balaban J connectivity index is 0.000000178. The van der Waals surface area contributed by atoms with Crippen LogP contribution in [0.5, 0.6) is 0 Å². The molecule has 0 fully saturated rings. The van der Waals surface area contributed by atoms with Crippen molar-refractivity contribution in [1.29, 1.82) is 5.41 Å². The van der Waals surface area contributed by atoms with Gasteiger partial charge in [-0.25, -0.2) is 0 Å². The number of fused-ring (bicyclic) bond motifs is 4. The van der Waals surface area contributed by atoms with Crippen LogP contribution in [-0.2, 0) is 0 Å². The van der Waals surface area contributed by atoms with Crippen molar-refractivity contribution in [3.8, 4) is 33.4 Å². The van der Waals surface area contributed by atoms with Crippen molar-refractivity contribution in [2.24, 2.45) is 0 Å². The topological polar surface area (TPSA) is 23.9 Å². The van der Waals surface area contributed by atoms with Gasteiger partial charge in [0.15, 0.2) is 0 Å². The van der Waals surface area contributed by atoms with Gasteiger partial charge in [0.2, 0.25) is 0 Å². The molecule has 0 unspecified atom stereocenters. The van der Waals surface area contributed by atoms with E-state index < -0.39 is 0 Å². The van der Waals surface area contributed by atoms with E-state index in [4.69, 9.17) is 5.41 Å². The molecule has 0 saturated carbocycles. The SMILES string of the molecule is Cc1ccc(-c2ccc3ccccc3c2)cc1.N=C(c1cccc(-c2ccccc2)c1)c1cccc(-c2cccc3sc4ccccc4c23)c1. The molecular formula is C48H35NS. The highest BCUT2D eigenvalue weighted by atomic mass is 32.1. The summed E-state index contributed by atoms with van der Waals surface area (Å²) in [6, 6.07) is 65.9. The third kappa shape index (κ3) is 6.37. The quantitative estimate of drug-likeness (QED) is 0.178. The number of hydrogen-bond acceptors (Lipinski definition) is 2. The summed E-state index contributed by atoms with van der Waals surface area (Å²) in [4.78, 5) is 0. The number of thiophene rings is 1. The molecule has 0 aliphatic heterocycles. The first kappa shape index (κ1) is 31.2. The van der Waals surface area contributed by atoms with Crippen molar-refractivity contribution in [3.05, 3.63) is 205 Å². The first-order valence-corrected chi connectivity index (χ1v) is 17.7. The molecule has 0 spiro atoms. The Morgan fingerprint density at radius 3 is 1.78 bits per heavy atom. The van der Waals surface area contributed by atoms with Crippen LogP contribution in [0, 0.1) is 12.3 Å². The molecule has 50 heavy (non-hydrogen) atoms. The Hall–Kier alpha value is -6.09. The van der Waals surface area contributed by atoms with Gasteiger partial charge in [0.1, 0.15) is 0 Å². The average molecular weight is 658 g/mol. The fourth-order valence-corrected chi connectivity index (χ4v) is 7.76. The molecule has 2 heteroatoms. The van der Waals surface area contributed by atoms with Gasteiger partial charge in [0.25, 0.3) is 0 Å². The van der Waals surface area contributed by atoms with Gasteiger partial charge in [-0.2, -0.15) is 0 Å². The van der Waals surface area contributed by atoms with E-state index in [2.05, 4.69) is 159 Å². The number of benzene rings is 8. The summed E-state index contributed by atoms with van der Waals surface area (Å²) in [5, 5.41) is 14.1. The van der Waals surface area contributed by atoms with E-state index in [0.717, 1.165) is 27.8 Å². The van der Waals surface area contributed by atoms with Gasteiger partial charge in [-0.1, -0.05) is 163 Å². The summed E-state index contributed by atoms with van der Waals surface area (Å²) in [6.45, 7) is 2.12. The smallest absolute Gasteiger partial charge is 0.0684 e. The third-order valence-corrected chi connectivity index (χ3v) is 10.4. The van der Waals surface area contributed by atoms with Gasteiger partial charge >= 0.3 is 0 Å². The monoisotopic (exact) mass is 657 g/mol. The van der Waals surface area contributed by atoms with E-state index in [1.165, 1.54) is 53.2 Å². The van der Waals surface area contributed by atoms with Crippen molar-refractivity contribution in [1.82, 2.24) is 0 Å². The molecule has 0 saturated heterocycles. The maximum absolute atomic E-state index is 8.96. The molecule has 0 radical (unpaired) electrons. The molecule has 238 valence electrons. The lowest BCUT2D eigenvalue weighted by molar-refractivity contribution is 1.45. The summed E-state index contributed by atoms with van der Waals surface area (Å²) in [6.07, 6.45) is 0. The summed E-state index contributed by atoms with van der Waals surface area (Å²) < 4.78 is 2.60. The van der Waals surface area contributed by atoms with Crippen LogP contribution >= 0.6 is 11.3 Å². The zero-order valence-electron chi connectivity index (χ0n) is 27.8. The van der Waals surface area contributed by atoms with Gasteiger partial charge in [-0.15, -0.1) is 11.3 Å². The minimum atomic E-state index is 0.539. The molecule has 9 rings (SSSR count). The van der Waals surface area contributed by atoms with E-state index in [9.17, 15) is 0 Å². The second kappa shape index (κ2) is 13.8. The molecule has 9 aromatic rings. The van der Waals surface area contributed by atoms with Crippen molar-refractivity contribution in [2.75, 3.05) is 0 Å². The Labute approximate surface area is 297 Å². The van der Waals surface area contributed by atoms with Crippen molar-refractivity contribution >= 4 is 48.0 Å². The van der Waals surface area contributed by atoms with Crippen LogP contribution in [0.2, 0.25) is 0 Å². The van der Waals surface area contributed by atoms with Gasteiger partial charge < -0.3 is 0 Å². The molecule has 0 aliphatic rings. The highest BCUT2D eigenvalue weighted by Crippen LogP contribution is 2.40. The predicted octanol–water partition coefficient (Wildman–Crippen LogP) is 13.6. The summed E-state index contributed by atoms with van der Waals surface area (Å²) in [5.41, 5.74) is 10.9. The lowest BCUT2D eigenvalue weighted by Crippen LogP contribution is -2.01. The van der Waals surface area contributed by atoms with Crippen LogP contribution in [0.4, 0.5) is 0 Å². The van der Waals surface area contributed by atoms with Gasteiger partial charge in [-0.3, -0.25) is 5.41 Å². The standard InChI is InChI=1S/C31H21NS.C17H14/c32-31(24-13-6-11-22(19-24)21-9-2-1-3-10-21)25-14-7-12-23(20-25)26-16-8-18-29-30(26)27-15-4-5-17-28(27)33-29;1-13-6-8-15(9-7-13)17-11-10-14-4-2-3-5-16(14)12-17/h1-20,32H;2-12H,1H3. The molecule has 0 atom stereocenters. The predicted molar refractivity (Wildman–Crippen MR) is 217 cm³/mol. The van der Waals surface area contributed by atoms with Crippen molar-refractivity contribution < 1.29 is 0 Å². The minimum absolute atomic E-state index is 0.539. The van der Waals surface area contributed by atoms with Gasteiger partial charge in [0, 0.05) is 31.3 Å². The molecule has 1 heterocycles. The van der Waals surface area contributed by atoms with E-state index in [0.29, 0.717) is 5.71 Å². The van der Waals surface area contributed by atoms with E-state index >= 15 is 0 Å². The summed E-state index contributed by atoms with van der Waals surface area (Å²) in [7, 11) is 0. The summed E-state index contributed by atoms with van der Waals surface area (Å²) >= 11 is 1.84. The van der Waals surface area contributed by atoms with Crippen LogP contribution < -0.4 is 0 Å². The van der Waals surface area contributed by atoms with Crippen LogP contribution in [-0.4, -0.2) is 5.71 Å². The highest BCUT2D eigenvalue weighted by Gasteiger charge is 2.13. The zero-order chi connectivity index (χ0) is 33.9. The maximum atomic E-state index is 8.96. The zero-order valence-corrected chi connectivity index (χ0v) is 28.6. The molecule has 1 N–H and O–H groups in total. The average Bonchev–Trinajstić information content (AvgIpc) is 3.57. The first-order chi connectivity index (χ1) is 24.6. The highest BCUT2D eigenvalue weighted by molar-refractivity contribution is 7.25. The molecule has 0 aliphatic carbocycles. The molecule has 8 aromatic carbocycles. The Bertz CT molecular complexity index is 2610. The number of nitrogens with one attached hydrogen (secondary N) is 1. The van der Waals surface area contributed by atoms with Gasteiger partial charge in [0.05, 0.1) is 5.71 Å². The summed E-state index contributed by atoms with van der Waals surface area (Å²) in [5.74, 6) is 0. The fourth-order valence-electron chi connectivity index (χ4n) is 6.62. The maximum Gasteiger partial charge on any atom is 0.0684 e. The van der Waals surface area contributed by atoms with Crippen LogP contribution in [0.3, 0.4) is 0 Å². The van der Waals surface area contributed by atoms with Crippen LogP contribution in [0.15, 0.2) is 188 Å². The van der Waals surface area contributed by atoms with Crippen LogP contribution in [0.1, 0.15) is 16.7 Å². The third-order valence-electron chi connectivity index (χ3n) is 9.26. The fraction of sp³-hybridized carbons (Fsp3) is 0.0208. The molecule has 1 aromatic heterocycles. The normalized spacial score (nSPS) is 11.0. The lowest BCUT2D eigenvalue weighted by Gasteiger charge is -2.10. The molecular weight excluding hydrogens is 623 g/mol. The van der Waals surface area contributed by atoms with Crippen LogP contribution in [0.25, 0.3) is 64.3 Å². The first-order valence-electron chi connectivity index (χ1n) is 16.9. The number of rotatable bonds is 5. The second-order valence-corrected chi connectivity index (χ2v) is 13.7. The Morgan fingerprint density at radius 2 is 0.980 bits per heavy atom.